The molecule has 0 spiro atoms. The lowest BCUT2D eigenvalue weighted by molar-refractivity contribution is -0.132. The number of nitrogens with zero attached hydrogens (tertiary/aromatic N) is 2. The number of anilines is 1. The van der Waals surface area contributed by atoms with E-state index >= 15 is 0 Å². The number of Topliss-reactive ketones (excluding diaryl/α,β-unsaturated/α-hetero) is 1. The van der Waals surface area contributed by atoms with E-state index in [1.165, 1.54) is 16.2 Å². The van der Waals surface area contributed by atoms with Crippen LogP contribution in [0.4, 0.5) is 5.13 Å². The molecule has 1 aromatic heterocycles. The minimum Gasteiger partial charge on any atom is -0.507 e. The lowest BCUT2D eigenvalue weighted by Gasteiger charge is -2.23. The van der Waals surface area contributed by atoms with Crippen molar-refractivity contribution in [1.82, 2.24) is 4.98 Å². The zero-order valence-electron chi connectivity index (χ0n) is 22.4. The molecule has 1 saturated heterocycles. The summed E-state index contributed by atoms with van der Waals surface area (Å²) in [5.74, 6) is -0.430. The number of ether oxygens (including phenoxy) is 2. The molecule has 3 aromatic carbocycles. The fourth-order valence-electron chi connectivity index (χ4n) is 4.59. The Balaban J connectivity index is 1.45. The van der Waals surface area contributed by atoms with Gasteiger partial charge in [0, 0.05) is 17.1 Å². The number of unbranched alkanes of at least 4 members (excludes halogenated alkanes) is 1. The maximum atomic E-state index is 13.3. The predicted octanol–water partition coefficient (Wildman–Crippen LogP) is 6.84. The SMILES string of the molecule is CCCCOc1ccc(C2C(=C(O)c3ccc(OCc4cccc(C)c4)cc3)C(=O)C(=O)N2c2nccs2)cc1. The van der Waals surface area contributed by atoms with Gasteiger partial charge in [-0.1, -0.05) is 55.3 Å². The van der Waals surface area contributed by atoms with Crippen LogP contribution in [0.3, 0.4) is 0 Å². The average Bonchev–Trinajstić information content (AvgIpc) is 3.59. The summed E-state index contributed by atoms with van der Waals surface area (Å²) >= 11 is 1.25. The van der Waals surface area contributed by atoms with Crippen LogP contribution in [0.1, 0.15) is 48.1 Å². The number of carbonyl (C=O) groups is 2. The van der Waals surface area contributed by atoms with Gasteiger partial charge in [0.15, 0.2) is 5.13 Å². The van der Waals surface area contributed by atoms with Crippen molar-refractivity contribution >= 4 is 33.9 Å². The molecule has 5 rings (SSSR count). The third-order valence-electron chi connectivity index (χ3n) is 6.65. The fraction of sp³-hybridized carbons (Fsp3) is 0.219. The van der Waals surface area contributed by atoms with E-state index in [0.717, 1.165) is 24.0 Å². The summed E-state index contributed by atoms with van der Waals surface area (Å²) in [5, 5.41) is 13.5. The molecule has 2 heterocycles. The first-order valence-electron chi connectivity index (χ1n) is 13.2. The highest BCUT2D eigenvalue weighted by Gasteiger charge is 2.48. The first kappa shape index (κ1) is 27.1. The average molecular weight is 555 g/mol. The number of amides is 1. The van der Waals surface area contributed by atoms with E-state index in [1.54, 1.807) is 35.8 Å². The van der Waals surface area contributed by atoms with Gasteiger partial charge in [0.05, 0.1) is 18.2 Å². The summed E-state index contributed by atoms with van der Waals surface area (Å²) in [6, 6.07) is 21.3. The number of rotatable bonds is 10. The second-order valence-corrected chi connectivity index (χ2v) is 10.4. The second-order valence-electron chi connectivity index (χ2n) is 9.56. The largest absolute Gasteiger partial charge is 0.507 e. The first-order valence-corrected chi connectivity index (χ1v) is 14.1. The zero-order valence-corrected chi connectivity index (χ0v) is 23.2. The Kier molecular flexibility index (Phi) is 8.26. The predicted molar refractivity (Wildman–Crippen MR) is 156 cm³/mol. The molecule has 0 radical (unpaired) electrons. The maximum absolute atomic E-state index is 13.3. The number of aliphatic hydroxyl groups excluding tert-OH is 1. The van der Waals surface area contributed by atoms with Gasteiger partial charge in [0.25, 0.3) is 5.78 Å². The van der Waals surface area contributed by atoms with Gasteiger partial charge >= 0.3 is 5.91 Å². The van der Waals surface area contributed by atoms with Gasteiger partial charge in [0.1, 0.15) is 23.9 Å². The van der Waals surface area contributed by atoms with Gasteiger partial charge in [0.2, 0.25) is 0 Å². The summed E-state index contributed by atoms with van der Waals surface area (Å²) in [7, 11) is 0. The van der Waals surface area contributed by atoms with Gasteiger partial charge in [-0.15, -0.1) is 11.3 Å². The van der Waals surface area contributed by atoms with Crippen molar-refractivity contribution in [2.24, 2.45) is 0 Å². The van der Waals surface area contributed by atoms with E-state index < -0.39 is 17.7 Å². The molecule has 1 fully saturated rings. The van der Waals surface area contributed by atoms with Gasteiger partial charge in [-0.2, -0.15) is 0 Å². The minimum absolute atomic E-state index is 0.00767. The smallest absolute Gasteiger partial charge is 0.301 e. The molecule has 4 aromatic rings. The molecule has 1 aliphatic heterocycles. The molecule has 0 saturated carbocycles. The Bertz CT molecular complexity index is 1510. The highest BCUT2D eigenvalue weighted by molar-refractivity contribution is 7.14. The molecule has 0 bridgehead atoms. The Morgan fingerprint density at radius 3 is 2.40 bits per heavy atom. The van der Waals surface area contributed by atoms with Crippen LogP contribution in [0, 0.1) is 6.92 Å². The number of hydrogen-bond donors (Lipinski definition) is 1. The van der Waals surface area contributed by atoms with Crippen LogP contribution in [0.15, 0.2) is 89.9 Å². The number of thiazole rings is 1. The number of ketones is 1. The van der Waals surface area contributed by atoms with Gasteiger partial charge in [-0.3, -0.25) is 14.5 Å². The van der Waals surface area contributed by atoms with Gasteiger partial charge in [-0.05, 0) is 60.9 Å². The highest BCUT2D eigenvalue weighted by Crippen LogP contribution is 2.43. The van der Waals surface area contributed by atoms with Crippen molar-refractivity contribution in [3.05, 3.63) is 112 Å². The van der Waals surface area contributed by atoms with Crippen molar-refractivity contribution in [2.45, 2.75) is 39.3 Å². The normalized spacial score (nSPS) is 16.4. The van der Waals surface area contributed by atoms with Crippen molar-refractivity contribution in [3.63, 3.8) is 0 Å². The molecule has 1 unspecified atom stereocenters. The van der Waals surface area contributed by atoms with Crippen LogP contribution < -0.4 is 14.4 Å². The molecule has 204 valence electrons. The highest BCUT2D eigenvalue weighted by atomic mass is 32.1. The first-order chi connectivity index (χ1) is 19.5. The van der Waals surface area contributed by atoms with E-state index in [-0.39, 0.29) is 11.3 Å². The standard InChI is InChI=1S/C32H30N2O5S/c1-3-4-17-38-25-12-8-23(9-13-25)28-27(30(36)31(37)34(28)32-33-16-18-40-32)29(35)24-10-14-26(15-11-24)39-20-22-7-5-6-21(2)19-22/h5-16,18-19,28,35H,3-4,17,20H2,1-2H3. The summed E-state index contributed by atoms with van der Waals surface area (Å²) < 4.78 is 11.7. The van der Waals surface area contributed by atoms with E-state index in [0.29, 0.717) is 41.0 Å². The number of benzene rings is 3. The molecule has 1 N–H and O–H groups in total. The topological polar surface area (TPSA) is 89.0 Å². The zero-order chi connectivity index (χ0) is 28.1. The van der Waals surface area contributed by atoms with Crippen LogP contribution in [-0.2, 0) is 16.2 Å². The van der Waals surface area contributed by atoms with Crippen molar-refractivity contribution in [2.75, 3.05) is 11.5 Å². The Morgan fingerprint density at radius 1 is 1.00 bits per heavy atom. The monoisotopic (exact) mass is 554 g/mol. The minimum atomic E-state index is -0.840. The Morgan fingerprint density at radius 2 is 1.73 bits per heavy atom. The Labute approximate surface area is 237 Å². The fourth-order valence-corrected chi connectivity index (χ4v) is 5.26. The molecule has 8 heteroatoms. The van der Waals surface area contributed by atoms with E-state index in [9.17, 15) is 14.7 Å². The van der Waals surface area contributed by atoms with E-state index in [1.807, 2.05) is 49.4 Å². The lowest BCUT2D eigenvalue weighted by atomic mass is 9.95. The molecular formula is C32H30N2O5S. The summed E-state index contributed by atoms with van der Waals surface area (Å²) in [5.41, 5.74) is 3.29. The van der Waals surface area contributed by atoms with Crippen LogP contribution in [0.5, 0.6) is 11.5 Å². The number of hydrogen-bond acceptors (Lipinski definition) is 7. The van der Waals surface area contributed by atoms with Crippen LogP contribution in [-0.4, -0.2) is 28.4 Å². The van der Waals surface area contributed by atoms with Crippen molar-refractivity contribution < 1.29 is 24.2 Å². The van der Waals surface area contributed by atoms with Crippen LogP contribution >= 0.6 is 11.3 Å². The van der Waals surface area contributed by atoms with Crippen LogP contribution in [0.2, 0.25) is 0 Å². The summed E-state index contributed by atoms with van der Waals surface area (Å²) in [4.78, 5) is 32.2. The molecule has 40 heavy (non-hydrogen) atoms. The summed E-state index contributed by atoms with van der Waals surface area (Å²) in [6.07, 6.45) is 3.55. The van der Waals surface area contributed by atoms with Crippen molar-refractivity contribution in [1.29, 1.82) is 0 Å². The van der Waals surface area contributed by atoms with Gasteiger partial charge < -0.3 is 14.6 Å². The lowest BCUT2D eigenvalue weighted by Crippen LogP contribution is -2.29. The van der Waals surface area contributed by atoms with E-state index in [2.05, 4.69) is 18.0 Å². The van der Waals surface area contributed by atoms with Gasteiger partial charge in [-0.25, -0.2) is 4.98 Å². The summed E-state index contributed by atoms with van der Waals surface area (Å²) in [6.45, 7) is 5.14. The number of aromatic nitrogens is 1. The molecule has 1 amide bonds. The molecule has 0 aliphatic carbocycles. The maximum Gasteiger partial charge on any atom is 0.301 e. The van der Waals surface area contributed by atoms with Crippen molar-refractivity contribution in [3.8, 4) is 11.5 Å². The molecule has 7 nitrogen and oxygen atoms in total. The molecule has 1 atom stereocenters. The third kappa shape index (κ3) is 5.77. The van der Waals surface area contributed by atoms with E-state index in [4.69, 9.17) is 9.47 Å². The molecular weight excluding hydrogens is 524 g/mol. The third-order valence-corrected chi connectivity index (χ3v) is 7.42. The number of aliphatic hydroxyl groups is 1. The number of carbonyl (C=O) groups excluding carboxylic acids is 2. The second kappa shape index (κ2) is 12.2. The van der Waals surface area contributed by atoms with Crippen LogP contribution in [0.25, 0.3) is 5.76 Å². The quantitative estimate of drug-likeness (QED) is 0.1000. The number of aryl methyl sites for hydroxylation is 1. The Hall–Kier alpha value is -4.43. The molecule has 1 aliphatic rings.